The van der Waals surface area contributed by atoms with E-state index in [1.54, 1.807) is 16.8 Å². The molecule has 0 saturated heterocycles. The van der Waals surface area contributed by atoms with Crippen LogP contribution in [-0.4, -0.2) is 21.2 Å². The summed E-state index contributed by atoms with van der Waals surface area (Å²) in [6.45, 7) is 0. The van der Waals surface area contributed by atoms with Crippen LogP contribution in [0.25, 0.3) is 10.2 Å². The average Bonchev–Trinajstić information content (AvgIpc) is 2.62. The Kier molecular flexibility index (Phi) is 4.17. The first kappa shape index (κ1) is 12.6. The van der Waals surface area contributed by atoms with Gasteiger partial charge in [0.25, 0.3) is 5.09 Å². The van der Waals surface area contributed by atoms with Crippen molar-refractivity contribution in [3.8, 4) is 0 Å². The first-order chi connectivity index (χ1) is 7.99. The minimum Gasteiger partial charge on any atom is -0.370 e. The van der Waals surface area contributed by atoms with Crippen LogP contribution in [0.2, 0.25) is 0 Å². The maximum Gasteiger partial charge on any atom is 0.291 e. The summed E-state index contributed by atoms with van der Waals surface area (Å²) in [7, 11) is 0. The van der Waals surface area contributed by atoms with Crippen molar-refractivity contribution in [2.24, 2.45) is 5.73 Å². The normalized spacial score (nSPS) is 9.18. The summed E-state index contributed by atoms with van der Waals surface area (Å²) in [6.07, 6.45) is 0. The van der Waals surface area contributed by atoms with Gasteiger partial charge >= 0.3 is 0 Å². The van der Waals surface area contributed by atoms with Crippen molar-refractivity contribution < 1.29 is 10.3 Å². The number of nitrogens with one attached hydrogen (secondary N) is 2. The summed E-state index contributed by atoms with van der Waals surface area (Å²) in [4.78, 5) is 12.5. The Morgan fingerprint density at radius 1 is 1.65 bits per heavy atom. The maximum atomic E-state index is 8.36. The zero-order chi connectivity index (χ0) is 12.8. The van der Waals surface area contributed by atoms with Crippen LogP contribution in [-0.2, 0) is 0 Å². The Labute approximate surface area is 99.3 Å². The highest BCUT2D eigenvalue weighted by Crippen LogP contribution is 2.21. The molecule has 1 aromatic heterocycles. The smallest absolute Gasteiger partial charge is 0.291 e. The molecule has 0 aliphatic heterocycles. The number of hydrogen-bond donors (Lipinski definition) is 4. The molecule has 2 aromatic rings. The number of fused-ring (bicyclic) bond motifs is 1. The minimum absolute atomic E-state index is 0.0520. The maximum absolute atomic E-state index is 8.36. The number of anilines is 1. The van der Waals surface area contributed by atoms with Gasteiger partial charge in [-0.25, -0.2) is 4.98 Å². The second-order valence-corrected chi connectivity index (χ2v) is 3.70. The fraction of sp³-hybridized carbons (Fsp3) is 0. The summed E-state index contributed by atoms with van der Waals surface area (Å²) < 4.78 is 1.09. The van der Waals surface area contributed by atoms with E-state index in [1.807, 2.05) is 18.2 Å². The van der Waals surface area contributed by atoms with Gasteiger partial charge in [0.05, 0.1) is 15.7 Å². The molecule has 90 valence electrons. The topological polar surface area (TPSA) is 138 Å². The third kappa shape index (κ3) is 4.30. The van der Waals surface area contributed by atoms with E-state index < -0.39 is 5.09 Å². The van der Waals surface area contributed by atoms with Crippen molar-refractivity contribution in [3.05, 3.63) is 33.8 Å². The molecule has 2 rings (SSSR count). The average molecular weight is 255 g/mol. The summed E-state index contributed by atoms with van der Waals surface area (Å²) in [5.74, 6) is -0.0520. The number of benzene rings is 1. The molecule has 17 heavy (non-hydrogen) atoms. The number of thiazole rings is 1. The molecule has 8 nitrogen and oxygen atoms in total. The van der Waals surface area contributed by atoms with Crippen LogP contribution in [0.5, 0.6) is 0 Å². The molecule has 0 spiro atoms. The van der Waals surface area contributed by atoms with E-state index in [0.29, 0.717) is 0 Å². The fourth-order valence-corrected chi connectivity index (χ4v) is 1.80. The van der Waals surface area contributed by atoms with Gasteiger partial charge < -0.3 is 16.3 Å². The first-order valence-electron chi connectivity index (χ1n) is 4.26. The van der Waals surface area contributed by atoms with Crippen molar-refractivity contribution in [2.75, 3.05) is 5.32 Å². The number of hydrogen-bond acceptors (Lipinski definition) is 5. The lowest BCUT2D eigenvalue weighted by Gasteiger charge is -2.01. The zero-order valence-corrected chi connectivity index (χ0v) is 9.27. The van der Waals surface area contributed by atoms with Gasteiger partial charge in [-0.1, -0.05) is 0 Å². The number of nitrogens with zero attached hydrogens (tertiary/aromatic N) is 2. The van der Waals surface area contributed by atoms with Gasteiger partial charge in [-0.2, -0.15) is 0 Å². The molecule has 1 aromatic carbocycles. The number of aromatic nitrogens is 1. The van der Waals surface area contributed by atoms with Crippen LogP contribution in [0.1, 0.15) is 0 Å². The minimum atomic E-state index is -1.50. The van der Waals surface area contributed by atoms with Gasteiger partial charge in [0, 0.05) is 5.69 Å². The van der Waals surface area contributed by atoms with Gasteiger partial charge in [0.2, 0.25) is 0 Å². The Hall–Kier alpha value is -2.42. The third-order valence-electron chi connectivity index (χ3n) is 1.61. The van der Waals surface area contributed by atoms with E-state index in [9.17, 15) is 0 Å². The molecule has 9 heteroatoms. The molecule has 5 N–H and O–H groups in total. The van der Waals surface area contributed by atoms with Crippen LogP contribution in [0.4, 0.5) is 5.69 Å². The molecular weight excluding hydrogens is 246 g/mol. The van der Waals surface area contributed by atoms with Gasteiger partial charge in [-0.15, -0.1) is 21.5 Å². The van der Waals surface area contributed by atoms with Crippen molar-refractivity contribution in [1.29, 1.82) is 5.41 Å². The largest absolute Gasteiger partial charge is 0.370 e. The molecule has 0 saturated carbocycles. The van der Waals surface area contributed by atoms with Crippen molar-refractivity contribution >= 4 is 33.2 Å². The Bertz CT molecular complexity index is 537. The summed E-state index contributed by atoms with van der Waals surface area (Å²) in [5, 5.41) is 23.4. The second-order valence-electron chi connectivity index (χ2n) is 2.81. The highest BCUT2D eigenvalue weighted by molar-refractivity contribution is 7.16. The number of rotatable bonds is 1. The lowest BCUT2D eigenvalue weighted by molar-refractivity contribution is -0.742. The molecular formula is C8H9N5O3S. The van der Waals surface area contributed by atoms with Crippen molar-refractivity contribution in [1.82, 2.24) is 4.98 Å². The molecule has 0 fully saturated rings. The Morgan fingerprint density at radius 2 is 2.29 bits per heavy atom. The Balaban J connectivity index is 0.000000317. The van der Waals surface area contributed by atoms with E-state index in [0.717, 1.165) is 15.9 Å². The molecule has 0 radical (unpaired) electrons. The molecule has 0 bridgehead atoms. The van der Waals surface area contributed by atoms with Crippen molar-refractivity contribution in [3.63, 3.8) is 0 Å². The predicted molar refractivity (Wildman–Crippen MR) is 63.9 cm³/mol. The highest BCUT2D eigenvalue weighted by Gasteiger charge is 1.98. The zero-order valence-electron chi connectivity index (χ0n) is 8.45. The fourth-order valence-electron chi connectivity index (χ4n) is 1.09. The van der Waals surface area contributed by atoms with Crippen LogP contribution < -0.4 is 11.1 Å². The van der Waals surface area contributed by atoms with E-state index >= 15 is 0 Å². The van der Waals surface area contributed by atoms with Crippen molar-refractivity contribution in [2.45, 2.75) is 0 Å². The first-order valence-corrected chi connectivity index (χ1v) is 5.14. The molecule has 1 heterocycles. The van der Waals surface area contributed by atoms with Crippen LogP contribution in [0.15, 0.2) is 23.7 Å². The number of guanidine groups is 1. The SMILES string of the molecule is N=C(N)Nc1ccc2ncsc2c1.O=[N+]([O-])O. The molecule has 0 aliphatic carbocycles. The van der Waals surface area contributed by atoms with E-state index in [-0.39, 0.29) is 5.96 Å². The molecule has 0 aliphatic rings. The monoisotopic (exact) mass is 255 g/mol. The van der Waals surface area contributed by atoms with E-state index in [4.69, 9.17) is 26.5 Å². The molecule has 0 unspecified atom stereocenters. The summed E-state index contributed by atoms with van der Waals surface area (Å²) in [5.41, 5.74) is 8.79. The van der Waals surface area contributed by atoms with Gasteiger partial charge in [0.15, 0.2) is 5.96 Å². The standard InChI is InChI=1S/C8H8N4S.HNO3/c9-8(10)12-5-1-2-6-7(3-5)13-4-11-6;2-1(3)4/h1-4H,(H4,9,10,12);(H,2,3,4). The lowest BCUT2D eigenvalue weighted by Crippen LogP contribution is -2.20. The van der Waals surface area contributed by atoms with E-state index in [2.05, 4.69) is 10.3 Å². The molecule has 0 atom stereocenters. The number of nitrogens with two attached hydrogens (primary N) is 1. The van der Waals surface area contributed by atoms with Crippen LogP contribution >= 0.6 is 11.3 Å². The van der Waals surface area contributed by atoms with Gasteiger partial charge in [-0.3, -0.25) is 5.41 Å². The molecule has 0 amide bonds. The quantitative estimate of drug-likeness (QED) is 0.262. The second kappa shape index (κ2) is 5.61. The predicted octanol–water partition coefficient (Wildman–Crippen LogP) is 1.25. The van der Waals surface area contributed by atoms with Gasteiger partial charge in [-0.05, 0) is 18.2 Å². The van der Waals surface area contributed by atoms with E-state index in [1.165, 1.54) is 0 Å². The summed E-state index contributed by atoms with van der Waals surface area (Å²) in [6, 6.07) is 5.68. The highest BCUT2D eigenvalue weighted by atomic mass is 32.1. The Morgan fingerprint density at radius 3 is 2.88 bits per heavy atom. The van der Waals surface area contributed by atoms with Crippen LogP contribution in [0.3, 0.4) is 0 Å². The lowest BCUT2D eigenvalue weighted by atomic mass is 10.3. The van der Waals surface area contributed by atoms with Crippen LogP contribution in [0, 0.1) is 15.5 Å². The third-order valence-corrected chi connectivity index (χ3v) is 2.40. The van der Waals surface area contributed by atoms with Gasteiger partial charge in [0.1, 0.15) is 0 Å². The summed E-state index contributed by atoms with van der Waals surface area (Å²) >= 11 is 1.57.